The van der Waals surface area contributed by atoms with E-state index in [1.165, 1.54) is 11.1 Å². The molecule has 0 heterocycles. The summed E-state index contributed by atoms with van der Waals surface area (Å²) in [6.07, 6.45) is 2.11. The van der Waals surface area contributed by atoms with E-state index < -0.39 is 0 Å². The Kier molecular flexibility index (Phi) is 7.44. The Labute approximate surface area is 129 Å². The third-order valence-electron chi connectivity index (χ3n) is 3.76. The fourth-order valence-corrected chi connectivity index (χ4v) is 2.26. The summed E-state index contributed by atoms with van der Waals surface area (Å²) in [6, 6.07) is 8.66. The molecule has 0 bridgehead atoms. The van der Waals surface area contributed by atoms with Crippen LogP contribution in [0.5, 0.6) is 0 Å². The van der Waals surface area contributed by atoms with Crippen LogP contribution in [0.1, 0.15) is 64.5 Å². The van der Waals surface area contributed by atoms with Gasteiger partial charge in [0.15, 0.2) is 0 Å². The van der Waals surface area contributed by atoms with Crippen molar-refractivity contribution in [3.63, 3.8) is 0 Å². The largest absolute Gasteiger partial charge is 0.352 e. The highest BCUT2D eigenvalue weighted by atomic mass is 16.2. The van der Waals surface area contributed by atoms with Gasteiger partial charge < -0.3 is 10.6 Å². The highest BCUT2D eigenvalue weighted by Gasteiger charge is 2.14. The van der Waals surface area contributed by atoms with Crippen LogP contribution < -0.4 is 10.6 Å². The molecule has 0 radical (unpaired) electrons. The summed E-state index contributed by atoms with van der Waals surface area (Å²) in [5.41, 5.74) is 2.55. The maximum Gasteiger partial charge on any atom is 0.237 e. The summed E-state index contributed by atoms with van der Waals surface area (Å²) in [5.74, 6) is 0.631. The van der Waals surface area contributed by atoms with Crippen LogP contribution in [-0.2, 0) is 11.3 Å². The molecule has 3 heteroatoms. The first kappa shape index (κ1) is 17.7. The van der Waals surface area contributed by atoms with Crippen LogP contribution in [0.3, 0.4) is 0 Å². The van der Waals surface area contributed by atoms with Crippen molar-refractivity contribution in [2.45, 2.75) is 72.0 Å². The number of hydrogen-bond donors (Lipinski definition) is 2. The molecule has 1 aromatic carbocycles. The van der Waals surface area contributed by atoms with Crippen molar-refractivity contribution >= 4 is 5.91 Å². The second kappa shape index (κ2) is 8.83. The van der Waals surface area contributed by atoms with Gasteiger partial charge in [0.1, 0.15) is 0 Å². The summed E-state index contributed by atoms with van der Waals surface area (Å²) in [4.78, 5) is 12.0. The number of nitrogens with one attached hydrogen (secondary N) is 2. The maximum absolute atomic E-state index is 12.0. The minimum atomic E-state index is -0.172. The zero-order valence-electron chi connectivity index (χ0n) is 14.1. The summed E-state index contributed by atoms with van der Waals surface area (Å²) >= 11 is 0. The van der Waals surface area contributed by atoms with Crippen LogP contribution >= 0.6 is 0 Å². The smallest absolute Gasteiger partial charge is 0.237 e. The van der Waals surface area contributed by atoms with E-state index in [4.69, 9.17) is 0 Å². The van der Waals surface area contributed by atoms with E-state index in [1.54, 1.807) is 0 Å². The van der Waals surface area contributed by atoms with Crippen molar-refractivity contribution in [2.24, 2.45) is 0 Å². The fourth-order valence-electron chi connectivity index (χ4n) is 2.26. The average Bonchev–Trinajstić information content (AvgIpc) is 2.45. The Morgan fingerprint density at radius 3 is 2.24 bits per heavy atom. The molecule has 0 aliphatic carbocycles. The van der Waals surface area contributed by atoms with E-state index in [0.29, 0.717) is 5.92 Å². The third kappa shape index (κ3) is 6.30. The summed E-state index contributed by atoms with van der Waals surface area (Å²) in [7, 11) is 0. The zero-order valence-corrected chi connectivity index (χ0v) is 14.1. The summed E-state index contributed by atoms with van der Waals surface area (Å²) in [5, 5.41) is 6.32. The lowest BCUT2D eigenvalue weighted by atomic mass is 10.0. The average molecular weight is 290 g/mol. The molecule has 2 N–H and O–H groups in total. The highest BCUT2D eigenvalue weighted by Crippen LogP contribution is 2.14. The Bertz CT molecular complexity index is 425. The standard InChI is InChI=1S/C18H30N2O/c1-6-7-14(4)20-18(21)15(5)19-12-16-8-10-17(11-9-16)13(2)3/h8-11,13-15,19H,6-7,12H2,1-5H3,(H,20,21). The van der Waals surface area contributed by atoms with E-state index in [2.05, 4.69) is 62.6 Å². The van der Waals surface area contributed by atoms with Crippen molar-refractivity contribution in [2.75, 3.05) is 0 Å². The second-order valence-corrected chi connectivity index (χ2v) is 6.20. The summed E-state index contributed by atoms with van der Waals surface area (Å²) < 4.78 is 0. The Balaban J connectivity index is 2.41. The predicted molar refractivity (Wildman–Crippen MR) is 89.3 cm³/mol. The number of amides is 1. The van der Waals surface area contributed by atoms with Crippen molar-refractivity contribution < 1.29 is 4.79 Å². The molecule has 0 aliphatic rings. The first-order valence-electron chi connectivity index (χ1n) is 8.06. The van der Waals surface area contributed by atoms with Gasteiger partial charge in [-0.1, -0.05) is 51.5 Å². The first-order valence-corrected chi connectivity index (χ1v) is 8.06. The quantitative estimate of drug-likeness (QED) is 0.768. The first-order chi connectivity index (χ1) is 9.93. The minimum Gasteiger partial charge on any atom is -0.352 e. The molecular weight excluding hydrogens is 260 g/mol. The van der Waals surface area contributed by atoms with Gasteiger partial charge >= 0.3 is 0 Å². The van der Waals surface area contributed by atoms with E-state index in [0.717, 1.165) is 19.4 Å². The highest BCUT2D eigenvalue weighted by molar-refractivity contribution is 5.81. The van der Waals surface area contributed by atoms with Gasteiger partial charge in [0.25, 0.3) is 0 Å². The number of carbonyl (C=O) groups is 1. The molecule has 3 nitrogen and oxygen atoms in total. The molecule has 0 saturated heterocycles. The van der Waals surface area contributed by atoms with Crippen LogP contribution in [0.2, 0.25) is 0 Å². The predicted octanol–water partition coefficient (Wildman–Crippen LogP) is 3.59. The SMILES string of the molecule is CCCC(C)NC(=O)C(C)NCc1ccc(C(C)C)cc1. The van der Waals surface area contributed by atoms with E-state index in [9.17, 15) is 4.79 Å². The number of carbonyl (C=O) groups excluding carboxylic acids is 1. The molecule has 1 rings (SSSR count). The van der Waals surface area contributed by atoms with Crippen LogP contribution in [0.15, 0.2) is 24.3 Å². The molecule has 1 amide bonds. The molecule has 0 fully saturated rings. The normalized spacial score (nSPS) is 14.0. The van der Waals surface area contributed by atoms with Crippen molar-refractivity contribution in [3.05, 3.63) is 35.4 Å². The Hall–Kier alpha value is -1.35. The molecule has 1 aromatic rings. The van der Waals surface area contributed by atoms with Gasteiger partial charge in [-0.15, -0.1) is 0 Å². The fraction of sp³-hybridized carbons (Fsp3) is 0.611. The molecule has 0 saturated carbocycles. The lowest BCUT2D eigenvalue weighted by Gasteiger charge is -2.18. The van der Waals surface area contributed by atoms with Gasteiger partial charge in [0.05, 0.1) is 6.04 Å². The Morgan fingerprint density at radius 2 is 1.71 bits per heavy atom. The molecule has 2 atom stereocenters. The topological polar surface area (TPSA) is 41.1 Å². The lowest BCUT2D eigenvalue weighted by molar-refractivity contribution is -0.123. The van der Waals surface area contributed by atoms with Gasteiger partial charge in [0.2, 0.25) is 5.91 Å². The Morgan fingerprint density at radius 1 is 1.10 bits per heavy atom. The molecule has 2 unspecified atom stereocenters. The van der Waals surface area contributed by atoms with Gasteiger partial charge in [-0.3, -0.25) is 4.79 Å². The molecular formula is C18H30N2O. The van der Waals surface area contributed by atoms with Crippen molar-refractivity contribution in [1.29, 1.82) is 0 Å². The van der Waals surface area contributed by atoms with E-state index in [1.807, 2.05) is 6.92 Å². The third-order valence-corrected chi connectivity index (χ3v) is 3.76. The molecule has 0 aromatic heterocycles. The number of hydrogen-bond acceptors (Lipinski definition) is 2. The molecule has 0 aliphatic heterocycles. The van der Waals surface area contributed by atoms with Crippen molar-refractivity contribution in [3.8, 4) is 0 Å². The van der Waals surface area contributed by atoms with Gasteiger partial charge in [0, 0.05) is 12.6 Å². The van der Waals surface area contributed by atoms with Crippen molar-refractivity contribution in [1.82, 2.24) is 10.6 Å². The van der Waals surface area contributed by atoms with Gasteiger partial charge in [-0.05, 0) is 37.3 Å². The molecule has 21 heavy (non-hydrogen) atoms. The minimum absolute atomic E-state index is 0.0785. The van der Waals surface area contributed by atoms with E-state index in [-0.39, 0.29) is 18.0 Å². The lowest BCUT2D eigenvalue weighted by Crippen LogP contribution is -2.45. The van der Waals surface area contributed by atoms with Crippen LogP contribution in [-0.4, -0.2) is 18.0 Å². The summed E-state index contributed by atoms with van der Waals surface area (Å²) in [6.45, 7) is 11.2. The second-order valence-electron chi connectivity index (χ2n) is 6.20. The van der Waals surface area contributed by atoms with Gasteiger partial charge in [-0.25, -0.2) is 0 Å². The monoisotopic (exact) mass is 290 g/mol. The molecule has 0 spiro atoms. The van der Waals surface area contributed by atoms with Crippen LogP contribution in [0.4, 0.5) is 0 Å². The zero-order chi connectivity index (χ0) is 15.8. The van der Waals surface area contributed by atoms with E-state index >= 15 is 0 Å². The number of rotatable bonds is 8. The molecule has 118 valence electrons. The number of benzene rings is 1. The van der Waals surface area contributed by atoms with Crippen LogP contribution in [0.25, 0.3) is 0 Å². The van der Waals surface area contributed by atoms with Crippen LogP contribution in [0, 0.1) is 0 Å². The van der Waals surface area contributed by atoms with Gasteiger partial charge in [-0.2, -0.15) is 0 Å². The maximum atomic E-state index is 12.0.